The Bertz CT molecular complexity index is 535. The number of aryl methyl sites for hydroxylation is 1. The van der Waals surface area contributed by atoms with Crippen molar-refractivity contribution in [2.45, 2.75) is 33.4 Å². The van der Waals surface area contributed by atoms with Crippen molar-refractivity contribution in [2.75, 3.05) is 0 Å². The van der Waals surface area contributed by atoms with E-state index in [-0.39, 0.29) is 11.7 Å². The topological polar surface area (TPSA) is 39.8 Å². The average Bonchev–Trinajstić information content (AvgIpc) is 2.76. The van der Waals surface area contributed by atoms with Gasteiger partial charge in [0.25, 0.3) is 0 Å². The molecule has 2 rings (SSSR count). The number of imidazole rings is 1. The summed E-state index contributed by atoms with van der Waals surface area (Å²) in [5.41, 5.74) is 0.978. The van der Waals surface area contributed by atoms with E-state index in [0.717, 1.165) is 10.7 Å². The molecule has 16 heavy (non-hydrogen) atoms. The number of hydrogen-bond acceptors (Lipinski definition) is 3. The van der Waals surface area contributed by atoms with Crippen molar-refractivity contribution >= 4 is 11.3 Å². The first-order valence-electron chi connectivity index (χ1n) is 5.26. The standard InChI is InChI=1S/C11H15N3OS/c1-8(2)14-5-4-13(11(14)15)6-10-7-16-9(3)12-10/h4-5,7-8H,6H2,1-3H3. The quantitative estimate of drug-likeness (QED) is 0.819. The summed E-state index contributed by atoms with van der Waals surface area (Å²) in [5, 5.41) is 3.03. The van der Waals surface area contributed by atoms with Crippen LogP contribution in [0, 0.1) is 6.92 Å². The van der Waals surface area contributed by atoms with Crippen LogP contribution in [0.5, 0.6) is 0 Å². The van der Waals surface area contributed by atoms with Gasteiger partial charge in [-0.2, -0.15) is 0 Å². The summed E-state index contributed by atoms with van der Waals surface area (Å²) in [4.78, 5) is 16.3. The summed E-state index contributed by atoms with van der Waals surface area (Å²) < 4.78 is 3.41. The number of hydrogen-bond donors (Lipinski definition) is 0. The molecule has 0 atom stereocenters. The van der Waals surface area contributed by atoms with Crippen molar-refractivity contribution in [1.82, 2.24) is 14.1 Å². The Morgan fingerprint density at radius 2 is 2.19 bits per heavy atom. The highest BCUT2D eigenvalue weighted by atomic mass is 32.1. The lowest BCUT2D eigenvalue weighted by molar-refractivity contribution is 0.560. The Balaban J connectivity index is 2.26. The van der Waals surface area contributed by atoms with E-state index in [1.54, 1.807) is 20.5 Å². The van der Waals surface area contributed by atoms with E-state index in [1.807, 2.05) is 38.5 Å². The maximum atomic E-state index is 11.9. The van der Waals surface area contributed by atoms with Gasteiger partial charge < -0.3 is 0 Å². The molecule has 0 aromatic carbocycles. The Labute approximate surface area is 98.2 Å². The van der Waals surface area contributed by atoms with Crippen LogP contribution in [0.2, 0.25) is 0 Å². The molecule has 0 bridgehead atoms. The number of aromatic nitrogens is 3. The zero-order chi connectivity index (χ0) is 11.7. The van der Waals surface area contributed by atoms with Crippen molar-refractivity contribution < 1.29 is 0 Å². The van der Waals surface area contributed by atoms with Gasteiger partial charge in [0.2, 0.25) is 0 Å². The van der Waals surface area contributed by atoms with E-state index in [9.17, 15) is 4.79 Å². The van der Waals surface area contributed by atoms with Crippen LogP contribution in [-0.2, 0) is 6.54 Å². The summed E-state index contributed by atoms with van der Waals surface area (Å²) >= 11 is 1.61. The summed E-state index contributed by atoms with van der Waals surface area (Å²) in [6.07, 6.45) is 3.64. The Morgan fingerprint density at radius 1 is 1.44 bits per heavy atom. The van der Waals surface area contributed by atoms with Crippen molar-refractivity contribution in [1.29, 1.82) is 0 Å². The fourth-order valence-electron chi connectivity index (χ4n) is 1.60. The Morgan fingerprint density at radius 3 is 2.69 bits per heavy atom. The SMILES string of the molecule is Cc1nc(Cn2ccn(C(C)C)c2=O)cs1. The first-order chi connectivity index (χ1) is 7.58. The highest BCUT2D eigenvalue weighted by Crippen LogP contribution is 2.09. The van der Waals surface area contributed by atoms with Gasteiger partial charge in [0.1, 0.15) is 0 Å². The maximum absolute atomic E-state index is 11.9. The van der Waals surface area contributed by atoms with Gasteiger partial charge in [-0.05, 0) is 20.8 Å². The minimum absolute atomic E-state index is 0.0284. The molecule has 0 spiro atoms. The molecular formula is C11H15N3OS. The van der Waals surface area contributed by atoms with E-state index < -0.39 is 0 Å². The normalized spacial score (nSPS) is 11.2. The molecule has 0 saturated heterocycles. The minimum Gasteiger partial charge on any atom is -0.297 e. The maximum Gasteiger partial charge on any atom is 0.328 e. The van der Waals surface area contributed by atoms with Crippen LogP contribution in [-0.4, -0.2) is 14.1 Å². The molecule has 0 aliphatic heterocycles. The third-order valence-electron chi connectivity index (χ3n) is 2.43. The molecule has 0 aliphatic rings. The van der Waals surface area contributed by atoms with Gasteiger partial charge in [0.15, 0.2) is 0 Å². The second-order valence-corrected chi connectivity index (χ2v) is 5.13. The van der Waals surface area contributed by atoms with Gasteiger partial charge in [-0.25, -0.2) is 9.78 Å². The van der Waals surface area contributed by atoms with Gasteiger partial charge in [0, 0.05) is 23.8 Å². The predicted molar refractivity (Wildman–Crippen MR) is 65.0 cm³/mol. The Kier molecular flexibility index (Phi) is 2.96. The van der Waals surface area contributed by atoms with Crippen molar-refractivity contribution in [3.8, 4) is 0 Å². The smallest absolute Gasteiger partial charge is 0.297 e. The first kappa shape index (κ1) is 11.1. The van der Waals surface area contributed by atoms with Crippen LogP contribution >= 0.6 is 11.3 Å². The number of nitrogens with zero attached hydrogens (tertiary/aromatic N) is 3. The molecule has 0 radical (unpaired) electrons. The summed E-state index contributed by atoms with van der Waals surface area (Å²) in [5.74, 6) is 0. The van der Waals surface area contributed by atoms with E-state index >= 15 is 0 Å². The van der Waals surface area contributed by atoms with E-state index in [1.165, 1.54) is 0 Å². The molecule has 2 aromatic heterocycles. The number of rotatable bonds is 3. The van der Waals surface area contributed by atoms with Crippen LogP contribution in [0.1, 0.15) is 30.6 Å². The molecule has 0 aliphatic carbocycles. The second-order valence-electron chi connectivity index (χ2n) is 4.07. The van der Waals surface area contributed by atoms with Crippen molar-refractivity contribution in [2.24, 2.45) is 0 Å². The summed E-state index contributed by atoms with van der Waals surface area (Å²) in [7, 11) is 0. The molecule has 5 heteroatoms. The lowest BCUT2D eigenvalue weighted by Gasteiger charge is -2.04. The summed E-state index contributed by atoms with van der Waals surface area (Å²) in [6.45, 7) is 6.52. The van der Waals surface area contributed by atoms with Crippen LogP contribution in [0.15, 0.2) is 22.6 Å². The highest BCUT2D eigenvalue weighted by molar-refractivity contribution is 7.09. The fourth-order valence-corrected chi connectivity index (χ4v) is 2.20. The summed E-state index contributed by atoms with van der Waals surface area (Å²) in [6, 6.07) is 0.200. The monoisotopic (exact) mass is 237 g/mol. The highest BCUT2D eigenvalue weighted by Gasteiger charge is 2.07. The molecule has 0 N–H and O–H groups in total. The zero-order valence-corrected chi connectivity index (χ0v) is 10.5. The molecular weight excluding hydrogens is 222 g/mol. The van der Waals surface area contributed by atoms with E-state index in [4.69, 9.17) is 0 Å². The van der Waals surface area contributed by atoms with Gasteiger partial charge in [-0.15, -0.1) is 11.3 Å². The third-order valence-corrected chi connectivity index (χ3v) is 3.25. The van der Waals surface area contributed by atoms with E-state index in [2.05, 4.69) is 4.98 Å². The Hall–Kier alpha value is -1.36. The number of thiazole rings is 1. The molecule has 2 aromatic rings. The molecule has 0 amide bonds. The first-order valence-corrected chi connectivity index (χ1v) is 6.14. The molecule has 2 heterocycles. The predicted octanol–water partition coefficient (Wildman–Crippen LogP) is 2.04. The van der Waals surface area contributed by atoms with Gasteiger partial charge in [-0.3, -0.25) is 9.13 Å². The molecule has 4 nitrogen and oxygen atoms in total. The van der Waals surface area contributed by atoms with Crippen LogP contribution < -0.4 is 5.69 Å². The fraction of sp³-hybridized carbons (Fsp3) is 0.455. The van der Waals surface area contributed by atoms with Gasteiger partial charge >= 0.3 is 5.69 Å². The molecule has 0 unspecified atom stereocenters. The average molecular weight is 237 g/mol. The second kappa shape index (κ2) is 4.25. The van der Waals surface area contributed by atoms with Crippen LogP contribution in [0.25, 0.3) is 0 Å². The van der Waals surface area contributed by atoms with Gasteiger partial charge in [-0.1, -0.05) is 0 Å². The largest absolute Gasteiger partial charge is 0.328 e. The lowest BCUT2D eigenvalue weighted by Crippen LogP contribution is -2.25. The molecule has 86 valence electrons. The van der Waals surface area contributed by atoms with Gasteiger partial charge in [0.05, 0.1) is 17.2 Å². The van der Waals surface area contributed by atoms with Crippen molar-refractivity contribution in [3.63, 3.8) is 0 Å². The van der Waals surface area contributed by atoms with Crippen molar-refractivity contribution in [3.05, 3.63) is 39.0 Å². The minimum atomic E-state index is 0.0284. The lowest BCUT2D eigenvalue weighted by atomic mass is 10.4. The molecule has 0 fully saturated rings. The van der Waals surface area contributed by atoms with E-state index in [0.29, 0.717) is 6.54 Å². The van der Waals surface area contributed by atoms with Crippen LogP contribution in [0.3, 0.4) is 0 Å². The third kappa shape index (κ3) is 2.09. The molecule has 0 saturated carbocycles. The van der Waals surface area contributed by atoms with Crippen LogP contribution in [0.4, 0.5) is 0 Å². The zero-order valence-electron chi connectivity index (χ0n) is 9.67.